The zero-order chi connectivity index (χ0) is 13.7. The summed E-state index contributed by atoms with van der Waals surface area (Å²) in [6.07, 6.45) is 1.87. The first-order valence-electron chi connectivity index (χ1n) is 5.42. The van der Waals surface area contributed by atoms with Gasteiger partial charge in [-0.1, -0.05) is 11.8 Å². The molecule has 0 bridgehead atoms. The summed E-state index contributed by atoms with van der Waals surface area (Å²) in [4.78, 5) is 21.4. The Morgan fingerprint density at radius 3 is 2.67 bits per heavy atom. The van der Waals surface area contributed by atoms with E-state index >= 15 is 0 Å². The number of aromatic nitrogens is 2. The first-order valence-corrected chi connectivity index (χ1v) is 6.65. The number of hydrazine groups is 1. The van der Waals surface area contributed by atoms with Crippen molar-refractivity contribution in [1.29, 1.82) is 0 Å². The minimum absolute atomic E-state index is 0.0905. The molecule has 5 N–H and O–H groups in total. The van der Waals surface area contributed by atoms with Gasteiger partial charge in [0, 0.05) is 12.1 Å². The Morgan fingerprint density at radius 1 is 1.56 bits per heavy atom. The third kappa shape index (κ3) is 3.74. The highest BCUT2D eigenvalue weighted by molar-refractivity contribution is 7.98. The van der Waals surface area contributed by atoms with Crippen molar-refractivity contribution in [3.8, 4) is 0 Å². The van der Waals surface area contributed by atoms with Crippen LogP contribution in [0.2, 0.25) is 0 Å². The van der Waals surface area contributed by atoms with Crippen molar-refractivity contribution in [2.75, 3.05) is 23.1 Å². The molecule has 1 amide bonds. The van der Waals surface area contributed by atoms with Gasteiger partial charge in [0.2, 0.25) is 5.91 Å². The van der Waals surface area contributed by atoms with Crippen LogP contribution in [0.5, 0.6) is 0 Å². The van der Waals surface area contributed by atoms with Gasteiger partial charge >= 0.3 is 0 Å². The Labute approximate surface area is 110 Å². The molecule has 0 aromatic carbocycles. The highest BCUT2D eigenvalue weighted by Gasteiger charge is 2.16. The summed E-state index contributed by atoms with van der Waals surface area (Å²) in [6, 6.07) is 1.77. The quantitative estimate of drug-likeness (QED) is 0.293. The highest BCUT2D eigenvalue weighted by atomic mass is 32.2. The number of anilines is 2. The fourth-order valence-electron chi connectivity index (χ4n) is 1.42. The van der Waals surface area contributed by atoms with Crippen molar-refractivity contribution in [1.82, 2.24) is 9.97 Å². The predicted octanol–water partition coefficient (Wildman–Crippen LogP) is 0.184. The Morgan fingerprint density at radius 2 is 2.22 bits per heavy atom. The van der Waals surface area contributed by atoms with Gasteiger partial charge in [-0.15, -0.1) is 0 Å². The number of hydrogen-bond donors (Lipinski definition) is 3. The maximum atomic E-state index is 11.1. The number of carbonyl (C=O) groups is 1. The van der Waals surface area contributed by atoms with Crippen molar-refractivity contribution in [3.05, 3.63) is 6.07 Å². The summed E-state index contributed by atoms with van der Waals surface area (Å²) in [5.74, 6) is 6.07. The third-order valence-corrected chi connectivity index (χ3v) is 2.81. The van der Waals surface area contributed by atoms with Crippen molar-refractivity contribution in [2.45, 2.75) is 25.0 Å². The van der Waals surface area contributed by atoms with Gasteiger partial charge in [-0.25, -0.2) is 15.8 Å². The van der Waals surface area contributed by atoms with E-state index < -0.39 is 5.91 Å². The number of rotatable bonds is 6. The number of primary amides is 1. The SMILES string of the molecule is CSc1nc(NN)cc(N(CC(N)=O)C(C)C)n1. The Hall–Kier alpha value is -1.54. The van der Waals surface area contributed by atoms with Gasteiger partial charge in [-0.05, 0) is 20.1 Å². The third-order valence-electron chi connectivity index (χ3n) is 2.27. The van der Waals surface area contributed by atoms with Crippen LogP contribution in [0, 0.1) is 0 Å². The van der Waals surface area contributed by atoms with Gasteiger partial charge in [-0.3, -0.25) is 4.79 Å². The van der Waals surface area contributed by atoms with E-state index in [0.29, 0.717) is 16.8 Å². The molecule has 0 saturated carbocycles. The second-order valence-corrected chi connectivity index (χ2v) is 4.70. The minimum Gasteiger partial charge on any atom is -0.368 e. The Kier molecular flexibility index (Phi) is 5.17. The van der Waals surface area contributed by atoms with Crippen molar-refractivity contribution < 1.29 is 4.79 Å². The number of carbonyl (C=O) groups excluding carboxylic acids is 1. The van der Waals surface area contributed by atoms with Crippen LogP contribution in [0.15, 0.2) is 11.2 Å². The normalized spacial score (nSPS) is 10.5. The predicted molar refractivity (Wildman–Crippen MR) is 73.3 cm³/mol. The summed E-state index contributed by atoms with van der Waals surface area (Å²) in [5.41, 5.74) is 7.72. The van der Waals surface area contributed by atoms with Crippen LogP contribution < -0.4 is 21.9 Å². The molecule has 100 valence electrons. The number of hydrogen-bond acceptors (Lipinski definition) is 7. The number of amides is 1. The first-order chi connectivity index (χ1) is 8.47. The summed E-state index contributed by atoms with van der Waals surface area (Å²) < 4.78 is 0. The molecule has 1 heterocycles. The molecular weight excluding hydrogens is 252 g/mol. The second-order valence-electron chi connectivity index (χ2n) is 3.93. The lowest BCUT2D eigenvalue weighted by molar-refractivity contribution is -0.116. The van der Waals surface area contributed by atoms with Crippen LogP contribution >= 0.6 is 11.8 Å². The summed E-state index contributed by atoms with van der Waals surface area (Å²) in [6.45, 7) is 4.02. The van der Waals surface area contributed by atoms with E-state index in [-0.39, 0.29) is 12.6 Å². The molecule has 0 aliphatic carbocycles. The molecule has 8 heteroatoms. The van der Waals surface area contributed by atoms with Crippen LogP contribution in [-0.4, -0.2) is 34.7 Å². The van der Waals surface area contributed by atoms with Crippen LogP contribution in [0.1, 0.15) is 13.8 Å². The average Bonchev–Trinajstić information content (AvgIpc) is 2.34. The van der Waals surface area contributed by atoms with E-state index in [0.717, 1.165) is 0 Å². The van der Waals surface area contributed by atoms with Crippen LogP contribution in [-0.2, 0) is 4.79 Å². The van der Waals surface area contributed by atoms with E-state index in [4.69, 9.17) is 11.6 Å². The molecule has 0 fully saturated rings. The van der Waals surface area contributed by atoms with Gasteiger partial charge in [-0.2, -0.15) is 0 Å². The smallest absolute Gasteiger partial charge is 0.237 e. The molecule has 0 saturated heterocycles. The van der Waals surface area contributed by atoms with E-state index in [1.165, 1.54) is 11.8 Å². The number of nitrogens with one attached hydrogen (secondary N) is 1. The van der Waals surface area contributed by atoms with Gasteiger partial charge in [0.25, 0.3) is 0 Å². The maximum Gasteiger partial charge on any atom is 0.237 e. The molecule has 0 aliphatic rings. The molecule has 0 aliphatic heterocycles. The summed E-state index contributed by atoms with van der Waals surface area (Å²) in [5, 5.41) is 0.579. The lowest BCUT2D eigenvalue weighted by atomic mass is 10.3. The van der Waals surface area contributed by atoms with Crippen molar-refractivity contribution in [2.24, 2.45) is 11.6 Å². The largest absolute Gasteiger partial charge is 0.368 e. The van der Waals surface area contributed by atoms with Gasteiger partial charge < -0.3 is 16.1 Å². The zero-order valence-electron chi connectivity index (χ0n) is 10.7. The van der Waals surface area contributed by atoms with E-state index in [2.05, 4.69) is 15.4 Å². The molecule has 0 atom stereocenters. The van der Waals surface area contributed by atoms with Gasteiger partial charge in [0.1, 0.15) is 11.6 Å². The molecular formula is C10H18N6OS. The lowest BCUT2D eigenvalue weighted by Gasteiger charge is -2.26. The zero-order valence-corrected chi connectivity index (χ0v) is 11.5. The molecule has 7 nitrogen and oxygen atoms in total. The van der Waals surface area contributed by atoms with Crippen LogP contribution in [0.3, 0.4) is 0 Å². The van der Waals surface area contributed by atoms with E-state index in [1.54, 1.807) is 11.0 Å². The number of thioether (sulfide) groups is 1. The fourth-order valence-corrected chi connectivity index (χ4v) is 1.80. The summed E-state index contributed by atoms with van der Waals surface area (Å²) >= 11 is 1.40. The monoisotopic (exact) mass is 270 g/mol. The number of nitrogens with zero attached hydrogens (tertiary/aromatic N) is 3. The van der Waals surface area contributed by atoms with Crippen LogP contribution in [0.4, 0.5) is 11.6 Å². The topological polar surface area (TPSA) is 110 Å². The average molecular weight is 270 g/mol. The molecule has 1 aromatic heterocycles. The van der Waals surface area contributed by atoms with Crippen molar-refractivity contribution in [3.63, 3.8) is 0 Å². The minimum atomic E-state index is -0.407. The standard InChI is InChI=1S/C10H18N6OS/c1-6(2)16(5-7(11)17)9-4-8(15-12)13-10(14-9)18-3/h4,6H,5,12H2,1-3H3,(H2,11,17)(H,13,14,15). The molecule has 0 radical (unpaired) electrons. The fraction of sp³-hybridized carbons (Fsp3) is 0.500. The van der Waals surface area contributed by atoms with Gasteiger partial charge in [0.15, 0.2) is 5.16 Å². The number of nitrogen functional groups attached to an aromatic ring is 1. The maximum absolute atomic E-state index is 11.1. The summed E-state index contributed by atoms with van der Waals surface area (Å²) in [7, 11) is 0. The molecule has 1 rings (SSSR count). The lowest BCUT2D eigenvalue weighted by Crippen LogP contribution is -2.39. The number of nitrogens with two attached hydrogens (primary N) is 2. The first kappa shape index (κ1) is 14.5. The molecule has 18 heavy (non-hydrogen) atoms. The molecule has 0 unspecified atom stereocenters. The molecule has 0 spiro atoms. The Bertz CT molecular complexity index is 403. The van der Waals surface area contributed by atoms with E-state index in [1.807, 2.05) is 20.1 Å². The van der Waals surface area contributed by atoms with E-state index in [9.17, 15) is 4.79 Å². The Balaban J connectivity index is 3.13. The van der Waals surface area contributed by atoms with Crippen molar-refractivity contribution >= 4 is 29.3 Å². The van der Waals surface area contributed by atoms with Gasteiger partial charge in [0.05, 0.1) is 6.54 Å². The molecule has 1 aromatic rings. The van der Waals surface area contributed by atoms with Crippen LogP contribution in [0.25, 0.3) is 0 Å². The highest BCUT2D eigenvalue weighted by Crippen LogP contribution is 2.21. The second kappa shape index (κ2) is 6.41.